The first-order chi connectivity index (χ1) is 14.1. The average Bonchev–Trinajstić information content (AvgIpc) is 2.75. The number of aliphatic hydroxyl groups is 1. The predicted molar refractivity (Wildman–Crippen MR) is 117 cm³/mol. The predicted octanol–water partition coefficient (Wildman–Crippen LogP) is 5.26. The number of hydrogen-bond acceptors (Lipinski definition) is 4. The zero-order valence-corrected chi connectivity index (χ0v) is 16.9. The highest BCUT2D eigenvalue weighted by Gasteiger charge is 2.36. The van der Waals surface area contributed by atoms with Gasteiger partial charge in [-0.05, 0) is 67.2 Å². The second-order valence-corrected chi connectivity index (χ2v) is 8.49. The molecule has 0 spiro atoms. The third kappa shape index (κ3) is 3.42. The van der Waals surface area contributed by atoms with Gasteiger partial charge in [0.05, 0.1) is 12.0 Å². The van der Waals surface area contributed by atoms with Crippen LogP contribution in [0.1, 0.15) is 54.5 Å². The Kier molecular flexibility index (Phi) is 4.59. The van der Waals surface area contributed by atoms with E-state index in [1.165, 1.54) is 33.9 Å². The fourth-order valence-corrected chi connectivity index (χ4v) is 4.75. The van der Waals surface area contributed by atoms with Crippen molar-refractivity contribution < 1.29 is 5.11 Å². The number of aliphatic imine (C=N–C) groups is 1. The molecule has 3 aromatic rings. The lowest BCUT2D eigenvalue weighted by Gasteiger charge is -2.42. The zero-order chi connectivity index (χ0) is 19.8. The maximum absolute atomic E-state index is 11.2. The third-order valence-corrected chi connectivity index (χ3v) is 6.40. The molecule has 0 unspecified atom stereocenters. The minimum Gasteiger partial charge on any atom is -0.371 e. The highest BCUT2D eigenvalue weighted by atomic mass is 16.3. The Morgan fingerprint density at radius 2 is 1.83 bits per heavy atom. The maximum atomic E-state index is 11.2. The van der Waals surface area contributed by atoms with E-state index in [-0.39, 0.29) is 0 Å². The number of fused-ring (bicyclic) bond motifs is 3. The zero-order valence-electron chi connectivity index (χ0n) is 16.9. The molecular weight excluding hydrogens is 358 g/mol. The van der Waals surface area contributed by atoms with Crippen LogP contribution < -0.4 is 0 Å². The molecule has 2 heterocycles. The summed E-state index contributed by atoms with van der Waals surface area (Å²) in [6.07, 6.45) is 9.70. The molecule has 4 heteroatoms. The van der Waals surface area contributed by atoms with Crippen molar-refractivity contribution >= 4 is 22.8 Å². The summed E-state index contributed by atoms with van der Waals surface area (Å²) in [4.78, 5) is 11.3. The van der Waals surface area contributed by atoms with E-state index in [9.17, 15) is 5.11 Å². The molecule has 0 amide bonds. The van der Waals surface area contributed by atoms with Gasteiger partial charge >= 0.3 is 0 Å². The van der Waals surface area contributed by atoms with Gasteiger partial charge in [0.2, 0.25) is 0 Å². The molecule has 1 fully saturated rings. The van der Waals surface area contributed by atoms with E-state index in [0.29, 0.717) is 6.54 Å². The second-order valence-electron chi connectivity index (χ2n) is 8.49. The van der Waals surface area contributed by atoms with Gasteiger partial charge in [-0.2, -0.15) is 0 Å². The highest BCUT2D eigenvalue weighted by molar-refractivity contribution is 5.98. The van der Waals surface area contributed by atoms with Crippen molar-refractivity contribution in [3.05, 3.63) is 71.0 Å². The first-order valence-corrected chi connectivity index (χ1v) is 10.6. The first-order valence-electron chi connectivity index (χ1n) is 10.6. The van der Waals surface area contributed by atoms with Gasteiger partial charge in [0.15, 0.2) is 0 Å². The van der Waals surface area contributed by atoms with Gasteiger partial charge in [0.25, 0.3) is 0 Å². The molecule has 0 bridgehead atoms. The van der Waals surface area contributed by atoms with E-state index in [2.05, 4.69) is 52.3 Å². The van der Waals surface area contributed by atoms with Crippen molar-refractivity contribution in [3.8, 4) is 0 Å². The summed E-state index contributed by atoms with van der Waals surface area (Å²) < 4.78 is 0. The van der Waals surface area contributed by atoms with Crippen LogP contribution in [0.2, 0.25) is 0 Å². The van der Waals surface area contributed by atoms with E-state index in [4.69, 9.17) is 4.99 Å². The number of hydrogen-bond donors (Lipinski definition) is 1. The van der Waals surface area contributed by atoms with Crippen LogP contribution in [0.5, 0.6) is 0 Å². The van der Waals surface area contributed by atoms with E-state index >= 15 is 0 Å². The Labute approximate surface area is 171 Å². The Morgan fingerprint density at radius 3 is 2.59 bits per heavy atom. The van der Waals surface area contributed by atoms with Crippen LogP contribution in [-0.4, -0.2) is 27.1 Å². The fraction of sp³-hybridized carbons (Fsp3) is 0.360. The summed E-state index contributed by atoms with van der Waals surface area (Å²) in [7, 11) is 0. The molecule has 0 radical (unpaired) electrons. The summed E-state index contributed by atoms with van der Waals surface area (Å²) in [6.45, 7) is 2.72. The molecule has 148 valence electrons. The van der Waals surface area contributed by atoms with Crippen LogP contribution in [0.25, 0.3) is 10.8 Å². The van der Waals surface area contributed by atoms with Crippen molar-refractivity contribution in [1.82, 2.24) is 9.88 Å². The molecule has 2 aromatic carbocycles. The van der Waals surface area contributed by atoms with Crippen LogP contribution in [0.4, 0.5) is 5.69 Å². The smallest absolute Gasteiger partial charge is 0.138 e. The lowest BCUT2D eigenvalue weighted by Crippen LogP contribution is -2.49. The van der Waals surface area contributed by atoms with Gasteiger partial charge < -0.3 is 10.0 Å². The van der Waals surface area contributed by atoms with E-state index in [0.717, 1.165) is 43.5 Å². The second kappa shape index (κ2) is 7.27. The number of aryl methyl sites for hydroxylation is 1. The summed E-state index contributed by atoms with van der Waals surface area (Å²) in [6, 6.07) is 15.0. The lowest BCUT2D eigenvalue weighted by molar-refractivity contribution is -0.0979. The fourth-order valence-electron chi connectivity index (χ4n) is 4.75. The SMILES string of the molecule is Cc1ccc(Cc2cc3c(c4ccccc24)N=CN(C2(O)CCCCC2)C3)cn1. The third-order valence-electron chi connectivity index (χ3n) is 6.40. The van der Waals surface area contributed by atoms with E-state index in [1.54, 1.807) is 0 Å². The van der Waals surface area contributed by atoms with Gasteiger partial charge in [-0.1, -0.05) is 42.8 Å². The van der Waals surface area contributed by atoms with E-state index < -0.39 is 5.72 Å². The number of benzene rings is 2. The summed E-state index contributed by atoms with van der Waals surface area (Å²) >= 11 is 0. The largest absolute Gasteiger partial charge is 0.371 e. The lowest BCUT2D eigenvalue weighted by atomic mass is 9.89. The topological polar surface area (TPSA) is 48.7 Å². The average molecular weight is 386 g/mol. The number of pyridine rings is 1. The van der Waals surface area contributed by atoms with Gasteiger partial charge in [0.1, 0.15) is 5.72 Å². The van der Waals surface area contributed by atoms with Crippen LogP contribution in [0, 0.1) is 6.92 Å². The molecule has 1 N–H and O–H groups in total. The van der Waals surface area contributed by atoms with Crippen molar-refractivity contribution in [1.29, 1.82) is 0 Å². The van der Waals surface area contributed by atoms with Gasteiger partial charge in [0, 0.05) is 23.8 Å². The minimum atomic E-state index is -0.758. The molecule has 1 aliphatic heterocycles. The summed E-state index contributed by atoms with van der Waals surface area (Å²) in [5.41, 5.74) is 5.02. The quantitative estimate of drug-likeness (QED) is 0.669. The van der Waals surface area contributed by atoms with Crippen LogP contribution >= 0.6 is 0 Å². The summed E-state index contributed by atoms with van der Waals surface area (Å²) in [5.74, 6) is 0. The number of nitrogens with zero attached hydrogens (tertiary/aromatic N) is 3. The molecule has 0 atom stereocenters. The van der Waals surface area contributed by atoms with Crippen molar-refractivity contribution in [2.24, 2.45) is 4.99 Å². The monoisotopic (exact) mass is 385 g/mol. The van der Waals surface area contributed by atoms with Gasteiger partial charge in [-0.3, -0.25) is 4.98 Å². The van der Waals surface area contributed by atoms with Crippen LogP contribution in [0.15, 0.2) is 53.7 Å². The highest BCUT2D eigenvalue weighted by Crippen LogP contribution is 2.39. The Morgan fingerprint density at radius 1 is 1.03 bits per heavy atom. The number of aromatic nitrogens is 1. The molecule has 4 nitrogen and oxygen atoms in total. The van der Waals surface area contributed by atoms with Crippen molar-refractivity contribution in [2.45, 2.75) is 57.7 Å². The molecule has 5 rings (SSSR count). The standard InChI is InChI=1S/C25H27N3O/c1-18-9-10-19(15-26-18)13-20-14-21-16-28(25(29)11-5-2-6-12-25)17-27-24(21)23-8-4-3-7-22(20)23/h3-4,7-10,14-15,17,29H,2,5-6,11-13,16H2,1H3. The summed E-state index contributed by atoms with van der Waals surface area (Å²) in [5, 5.41) is 13.6. The molecule has 0 saturated heterocycles. The van der Waals surface area contributed by atoms with Gasteiger partial charge in [-0.25, -0.2) is 4.99 Å². The molecule has 2 aliphatic rings. The van der Waals surface area contributed by atoms with E-state index in [1.807, 2.05) is 19.5 Å². The Balaban J connectivity index is 1.55. The van der Waals surface area contributed by atoms with Crippen LogP contribution in [-0.2, 0) is 13.0 Å². The van der Waals surface area contributed by atoms with Crippen molar-refractivity contribution in [2.75, 3.05) is 0 Å². The number of rotatable bonds is 3. The molecule has 29 heavy (non-hydrogen) atoms. The normalized spacial score (nSPS) is 18.1. The van der Waals surface area contributed by atoms with Crippen LogP contribution in [0.3, 0.4) is 0 Å². The molecule has 1 aliphatic carbocycles. The Bertz CT molecular complexity index is 1070. The Hall–Kier alpha value is -2.72. The molecule has 1 saturated carbocycles. The minimum absolute atomic E-state index is 0.708. The van der Waals surface area contributed by atoms with Gasteiger partial charge in [-0.15, -0.1) is 0 Å². The van der Waals surface area contributed by atoms with Crippen molar-refractivity contribution in [3.63, 3.8) is 0 Å². The maximum Gasteiger partial charge on any atom is 0.138 e. The first kappa shape index (κ1) is 18.3. The molecule has 1 aromatic heterocycles. The molecular formula is C25H27N3O.